The highest BCUT2D eigenvalue weighted by molar-refractivity contribution is 6.05. The van der Waals surface area contributed by atoms with E-state index in [-0.39, 0.29) is 6.10 Å². The molecule has 5 rings (SSSR count). The van der Waals surface area contributed by atoms with Crippen LogP contribution in [-0.2, 0) is 4.84 Å². The summed E-state index contributed by atoms with van der Waals surface area (Å²) in [6.45, 7) is 2.05. The molecule has 4 aromatic rings. The second kappa shape index (κ2) is 7.40. The fraction of sp³-hybridized carbons (Fsp3) is 0.120. The van der Waals surface area contributed by atoms with Gasteiger partial charge in [0.2, 0.25) is 5.88 Å². The minimum Gasteiger partial charge on any atom is -0.438 e. The molecule has 0 bridgehead atoms. The lowest BCUT2D eigenvalue weighted by Gasteiger charge is -2.12. The quantitative estimate of drug-likeness (QED) is 0.423. The summed E-state index contributed by atoms with van der Waals surface area (Å²) in [6, 6.07) is 28.2. The van der Waals surface area contributed by atoms with E-state index in [2.05, 4.69) is 30.3 Å². The van der Waals surface area contributed by atoms with Crippen LogP contribution in [0.4, 0.5) is 0 Å². The lowest BCUT2D eigenvalue weighted by Crippen LogP contribution is -2.05. The van der Waals surface area contributed by atoms with Crippen molar-refractivity contribution in [2.75, 3.05) is 0 Å². The largest absolute Gasteiger partial charge is 0.438 e. The molecule has 0 N–H and O–H groups in total. The van der Waals surface area contributed by atoms with Gasteiger partial charge in [0.15, 0.2) is 6.10 Å². The molecular formula is C25H20N2O2. The molecule has 142 valence electrons. The lowest BCUT2D eigenvalue weighted by atomic mass is 10.00. The Labute approximate surface area is 169 Å². The molecule has 1 aliphatic heterocycles. The predicted octanol–water partition coefficient (Wildman–Crippen LogP) is 6.20. The number of ether oxygens (including phenoxy) is 1. The van der Waals surface area contributed by atoms with Gasteiger partial charge < -0.3 is 9.57 Å². The van der Waals surface area contributed by atoms with Gasteiger partial charge in [-0.25, -0.2) is 4.98 Å². The topological polar surface area (TPSA) is 43.7 Å². The summed E-state index contributed by atoms with van der Waals surface area (Å²) in [5.41, 5.74) is 4.89. The molecule has 0 saturated carbocycles. The highest BCUT2D eigenvalue weighted by Gasteiger charge is 2.27. The Bertz CT molecular complexity index is 1180. The molecule has 4 heteroatoms. The van der Waals surface area contributed by atoms with Crippen LogP contribution in [0.15, 0.2) is 90.1 Å². The van der Waals surface area contributed by atoms with Gasteiger partial charge in [0.05, 0.1) is 16.8 Å². The SMILES string of the molecule is Cc1ccc(Oc2nc3ccccc3cc2C2=NOC(c3ccccc3)C2)cc1. The van der Waals surface area contributed by atoms with Crippen molar-refractivity contribution < 1.29 is 9.57 Å². The second-order valence-electron chi connectivity index (χ2n) is 7.20. The molecule has 0 spiro atoms. The van der Waals surface area contributed by atoms with Gasteiger partial charge in [-0.3, -0.25) is 0 Å². The normalized spacial score (nSPS) is 15.8. The molecular weight excluding hydrogens is 360 g/mol. The number of para-hydroxylation sites is 1. The molecule has 3 aromatic carbocycles. The molecule has 2 heterocycles. The Hall–Kier alpha value is -3.66. The molecule has 0 radical (unpaired) electrons. The summed E-state index contributed by atoms with van der Waals surface area (Å²) in [5.74, 6) is 1.29. The van der Waals surface area contributed by atoms with Crippen molar-refractivity contribution in [3.05, 3.63) is 102 Å². The molecule has 4 nitrogen and oxygen atoms in total. The third kappa shape index (κ3) is 3.57. The van der Waals surface area contributed by atoms with Crippen LogP contribution in [0.2, 0.25) is 0 Å². The fourth-order valence-corrected chi connectivity index (χ4v) is 3.48. The van der Waals surface area contributed by atoms with Crippen LogP contribution in [0.3, 0.4) is 0 Å². The Kier molecular flexibility index (Phi) is 4.45. The van der Waals surface area contributed by atoms with Crippen molar-refractivity contribution >= 4 is 16.6 Å². The first-order valence-corrected chi connectivity index (χ1v) is 9.68. The number of aromatic nitrogens is 1. The van der Waals surface area contributed by atoms with Gasteiger partial charge in [0, 0.05) is 11.8 Å². The molecule has 0 amide bonds. The summed E-state index contributed by atoms with van der Waals surface area (Å²) in [6.07, 6.45) is 0.582. The third-order valence-electron chi connectivity index (χ3n) is 5.08. The summed E-state index contributed by atoms with van der Waals surface area (Å²) >= 11 is 0. The first kappa shape index (κ1) is 17.4. The molecule has 1 aliphatic rings. The monoisotopic (exact) mass is 380 g/mol. The van der Waals surface area contributed by atoms with Crippen molar-refractivity contribution in [1.29, 1.82) is 0 Å². The van der Waals surface area contributed by atoms with Crippen LogP contribution < -0.4 is 4.74 Å². The zero-order valence-electron chi connectivity index (χ0n) is 16.1. The minimum absolute atomic E-state index is 0.0927. The van der Waals surface area contributed by atoms with Crippen molar-refractivity contribution in [3.8, 4) is 11.6 Å². The highest BCUT2D eigenvalue weighted by Crippen LogP contribution is 2.34. The summed E-state index contributed by atoms with van der Waals surface area (Å²) < 4.78 is 6.18. The van der Waals surface area contributed by atoms with Crippen molar-refractivity contribution in [3.63, 3.8) is 0 Å². The van der Waals surface area contributed by atoms with Gasteiger partial charge >= 0.3 is 0 Å². The smallest absolute Gasteiger partial charge is 0.229 e. The van der Waals surface area contributed by atoms with E-state index in [4.69, 9.17) is 14.6 Å². The van der Waals surface area contributed by atoms with Crippen molar-refractivity contribution in [1.82, 2.24) is 4.98 Å². The number of benzene rings is 3. The molecule has 1 aromatic heterocycles. The number of pyridine rings is 1. The van der Waals surface area contributed by atoms with E-state index >= 15 is 0 Å². The first-order valence-electron chi connectivity index (χ1n) is 9.68. The molecule has 1 unspecified atom stereocenters. The van der Waals surface area contributed by atoms with E-state index < -0.39 is 0 Å². The fourth-order valence-electron chi connectivity index (χ4n) is 3.48. The van der Waals surface area contributed by atoms with Gasteiger partial charge in [0.25, 0.3) is 0 Å². The van der Waals surface area contributed by atoms with E-state index in [0.29, 0.717) is 12.3 Å². The Balaban J connectivity index is 1.52. The summed E-state index contributed by atoms with van der Waals surface area (Å²) in [4.78, 5) is 10.5. The zero-order chi connectivity index (χ0) is 19.6. The average Bonchev–Trinajstić information content (AvgIpc) is 3.26. The van der Waals surface area contributed by atoms with Crippen LogP contribution in [0.1, 0.15) is 29.2 Å². The summed E-state index contributed by atoms with van der Waals surface area (Å²) in [5, 5.41) is 5.43. The van der Waals surface area contributed by atoms with Crippen molar-refractivity contribution in [2.45, 2.75) is 19.4 Å². The van der Waals surface area contributed by atoms with Crippen LogP contribution in [0, 0.1) is 6.92 Å². The number of hydrogen-bond acceptors (Lipinski definition) is 4. The third-order valence-corrected chi connectivity index (χ3v) is 5.08. The molecule has 0 fully saturated rings. The minimum atomic E-state index is -0.0927. The second-order valence-corrected chi connectivity index (χ2v) is 7.20. The molecule has 1 atom stereocenters. The van der Waals surface area contributed by atoms with Gasteiger partial charge in [-0.05, 0) is 36.8 Å². The number of fused-ring (bicyclic) bond motifs is 1. The molecule has 29 heavy (non-hydrogen) atoms. The standard InChI is InChI=1S/C25H20N2O2/c1-17-11-13-20(14-12-17)28-25-21(15-19-9-5-6-10-22(19)26-25)23-16-24(29-27-23)18-7-3-2-4-8-18/h2-15,24H,16H2,1H3. The Morgan fingerprint density at radius 3 is 2.48 bits per heavy atom. The van der Waals surface area contributed by atoms with Crippen molar-refractivity contribution in [2.24, 2.45) is 5.16 Å². The van der Waals surface area contributed by atoms with E-state index in [1.54, 1.807) is 0 Å². The van der Waals surface area contributed by atoms with E-state index in [9.17, 15) is 0 Å². The van der Waals surface area contributed by atoms with E-state index in [1.807, 2.05) is 66.7 Å². The predicted molar refractivity (Wildman–Crippen MR) is 114 cm³/mol. The van der Waals surface area contributed by atoms with Gasteiger partial charge in [-0.2, -0.15) is 0 Å². The maximum Gasteiger partial charge on any atom is 0.229 e. The number of rotatable bonds is 4. The van der Waals surface area contributed by atoms with E-state index in [0.717, 1.165) is 33.5 Å². The number of hydrogen-bond donors (Lipinski definition) is 0. The van der Waals surface area contributed by atoms with Gasteiger partial charge in [-0.15, -0.1) is 0 Å². The Morgan fingerprint density at radius 2 is 1.66 bits per heavy atom. The number of oxime groups is 1. The van der Waals surface area contributed by atoms with Crippen LogP contribution >= 0.6 is 0 Å². The van der Waals surface area contributed by atoms with Crippen LogP contribution in [0.25, 0.3) is 10.9 Å². The van der Waals surface area contributed by atoms with Gasteiger partial charge in [-0.1, -0.05) is 71.4 Å². The van der Waals surface area contributed by atoms with Gasteiger partial charge in [0.1, 0.15) is 5.75 Å². The molecule has 0 aliphatic carbocycles. The Morgan fingerprint density at radius 1 is 0.897 bits per heavy atom. The maximum absolute atomic E-state index is 6.18. The average molecular weight is 380 g/mol. The number of aryl methyl sites for hydroxylation is 1. The first-order chi connectivity index (χ1) is 14.3. The lowest BCUT2D eigenvalue weighted by molar-refractivity contribution is 0.0857. The van der Waals surface area contributed by atoms with E-state index in [1.165, 1.54) is 5.56 Å². The van der Waals surface area contributed by atoms with Crippen LogP contribution in [-0.4, -0.2) is 10.7 Å². The molecule has 0 saturated heterocycles. The highest BCUT2D eigenvalue weighted by atomic mass is 16.6. The number of nitrogens with zero attached hydrogens (tertiary/aromatic N) is 2. The summed E-state index contributed by atoms with van der Waals surface area (Å²) in [7, 11) is 0. The zero-order valence-corrected chi connectivity index (χ0v) is 16.1. The van der Waals surface area contributed by atoms with Crippen LogP contribution in [0.5, 0.6) is 11.6 Å². The maximum atomic E-state index is 6.18.